The molecule has 0 amide bonds. The third kappa shape index (κ3) is 2.12. The van der Waals surface area contributed by atoms with E-state index in [9.17, 15) is 10.2 Å². The molecule has 13 heavy (non-hydrogen) atoms. The summed E-state index contributed by atoms with van der Waals surface area (Å²) in [5.74, 6) is 0.219. The van der Waals surface area contributed by atoms with Crippen LogP contribution in [0.15, 0.2) is 12.1 Å². The molecule has 0 aliphatic heterocycles. The summed E-state index contributed by atoms with van der Waals surface area (Å²) in [5, 5.41) is 18.8. The molecule has 1 aromatic carbocycles. The highest BCUT2D eigenvalue weighted by molar-refractivity contribution is 5.45. The summed E-state index contributed by atoms with van der Waals surface area (Å²) in [5.41, 5.74) is 6.95. The number of aromatic hydroxyl groups is 2. The lowest BCUT2D eigenvalue weighted by atomic mass is 10.0. The molecular formula is C10H15NO2. The zero-order chi connectivity index (χ0) is 9.84. The lowest BCUT2D eigenvalue weighted by molar-refractivity contribution is 0.441. The summed E-state index contributed by atoms with van der Waals surface area (Å²) >= 11 is 0. The van der Waals surface area contributed by atoms with E-state index in [1.54, 1.807) is 6.07 Å². The molecule has 0 aliphatic rings. The van der Waals surface area contributed by atoms with E-state index in [0.29, 0.717) is 12.1 Å². The van der Waals surface area contributed by atoms with Crippen LogP contribution in [0.4, 0.5) is 0 Å². The van der Waals surface area contributed by atoms with Crippen molar-refractivity contribution in [3.05, 3.63) is 23.3 Å². The van der Waals surface area contributed by atoms with Crippen LogP contribution in [0.25, 0.3) is 0 Å². The second kappa shape index (κ2) is 4.14. The quantitative estimate of drug-likeness (QED) is 0.662. The van der Waals surface area contributed by atoms with Crippen molar-refractivity contribution in [1.82, 2.24) is 0 Å². The second-order valence-corrected chi connectivity index (χ2v) is 3.06. The smallest absolute Gasteiger partial charge is 0.123 e. The molecule has 1 rings (SSSR count). The van der Waals surface area contributed by atoms with Gasteiger partial charge >= 0.3 is 0 Å². The van der Waals surface area contributed by atoms with Gasteiger partial charge in [0, 0.05) is 18.2 Å². The van der Waals surface area contributed by atoms with E-state index in [2.05, 4.69) is 0 Å². The highest BCUT2D eigenvalue weighted by Gasteiger charge is 2.06. The Morgan fingerprint density at radius 3 is 2.31 bits per heavy atom. The number of hydrogen-bond donors (Lipinski definition) is 3. The molecule has 0 bridgehead atoms. The number of nitrogens with two attached hydrogens (primary N) is 1. The van der Waals surface area contributed by atoms with E-state index in [4.69, 9.17) is 5.73 Å². The molecule has 4 N–H and O–H groups in total. The van der Waals surface area contributed by atoms with Gasteiger partial charge in [0.1, 0.15) is 11.5 Å². The Kier molecular flexibility index (Phi) is 3.14. The SMILES string of the molecule is CCCc1cc(CN)c(O)cc1O. The first-order chi connectivity index (χ1) is 6.19. The Morgan fingerprint density at radius 1 is 1.15 bits per heavy atom. The molecule has 0 unspecified atom stereocenters. The molecule has 0 heterocycles. The van der Waals surface area contributed by atoms with Gasteiger partial charge in [-0.2, -0.15) is 0 Å². The molecule has 0 aromatic heterocycles. The molecule has 0 aliphatic carbocycles. The molecule has 3 heteroatoms. The van der Waals surface area contributed by atoms with Crippen molar-refractivity contribution in [2.75, 3.05) is 0 Å². The molecule has 0 radical (unpaired) electrons. The van der Waals surface area contributed by atoms with Crippen LogP contribution >= 0.6 is 0 Å². The lowest BCUT2D eigenvalue weighted by Crippen LogP contribution is -1.98. The summed E-state index contributed by atoms with van der Waals surface area (Å²) in [6, 6.07) is 3.11. The number of phenols is 2. The molecule has 3 nitrogen and oxygen atoms in total. The minimum absolute atomic E-state index is 0.0693. The van der Waals surface area contributed by atoms with Crippen molar-refractivity contribution >= 4 is 0 Å². The predicted molar refractivity (Wildman–Crippen MR) is 51.7 cm³/mol. The second-order valence-electron chi connectivity index (χ2n) is 3.06. The van der Waals surface area contributed by atoms with E-state index in [0.717, 1.165) is 18.4 Å². The van der Waals surface area contributed by atoms with Crippen molar-refractivity contribution in [2.45, 2.75) is 26.3 Å². The van der Waals surface area contributed by atoms with Gasteiger partial charge in [-0.1, -0.05) is 13.3 Å². The molecular weight excluding hydrogens is 166 g/mol. The lowest BCUT2D eigenvalue weighted by Gasteiger charge is -2.07. The van der Waals surface area contributed by atoms with Crippen LogP contribution in [0.3, 0.4) is 0 Å². The van der Waals surface area contributed by atoms with Crippen LogP contribution in [-0.4, -0.2) is 10.2 Å². The zero-order valence-electron chi connectivity index (χ0n) is 7.75. The van der Waals surface area contributed by atoms with Crippen LogP contribution in [0.5, 0.6) is 11.5 Å². The Morgan fingerprint density at radius 2 is 1.77 bits per heavy atom. The minimum atomic E-state index is 0.0693. The molecule has 0 fully saturated rings. The van der Waals surface area contributed by atoms with Crippen molar-refractivity contribution in [3.8, 4) is 11.5 Å². The Balaban J connectivity index is 3.06. The van der Waals surface area contributed by atoms with Gasteiger partial charge in [0.25, 0.3) is 0 Å². The van der Waals surface area contributed by atoms with Crippen LogP contribution in [0.2, 0.25) is 0 Å². The van der Waals surface area contributed by atoms with Gasteiger partial charge in [0.15, 0.2) is 0 Å². The Bertz CT molecular complexity index is 297. The summed E-state index contributed by atoms with van der Waals surface area (Å²) in [6.07, 6.45) is 1.77. The number of hydrogen-bond acceptors (Lipinski definition) is 3. The van der Waals surface area contributed by atoms with Gasteiger partial charge in [0.2, 0.25) is 0 Å². The number of aryl methyl sites for hydroxylation is 1. The largest absolute Gasteiger partial charge is 0.508 e. The van der Waals surface area contributed by atoms with Crippen molar-refractivity contribution in [2.24, 2.45) is 5.73 Å². The molecule has 1 aromatic rings. The fourth-order valence-corrected chi connectivity index (χ4v) is 1.31. The van der Waals surface area contributed by atoms with Crippen LogP contribution in [0, 0.1) is 0 Å². The van der Waals surface area contributed by atoms with Gasteiger partial charge in [-0.3, -0.25) is 0 Å². The average molecular weight is 181 g/mol. The van der Waals surface area contributed by atoms with Gasteiger partial charge < -0.3 is 15.9 Å². The zero-order valence-corrected chi connectivity index (χ0v) is 7.75. The predicted octanol–water partition coefficient (Wildman–Crippen LogP) is 1.51. The summed E-state index contributed by atoms with van der Waals surface area (Å²) in [4.78, 5) is 0. The Hall–Kier alpha value is -1.22. The molecule has 0 saturated carbocycles. The third-order valence-corrected chi connectivity index (χ3v) is 2.02. The summed E-state index contributed by atoms with van der Waals surface area (Å²) in [7, 11) is 0. The number of benzene rings is 1. The van der Waals surface area contributed by atoms with Gasteiger partial charge in [-0.05, 0) is 18.1 Å². The van der Waals surface area contributed by atoms with Crippen molar-refractivity contribution in [3.63, 3.8) is 0 Å². The maximum absolute atomic E-state index is 9.44. The molecule has 72 valence electrons. The maximum atomic E-state index is 9.44. The first-order valence-electron chi connectivity index (χ1n) is 4.42. The van der Waals surface area contributed by atoms with Gasteiger partial charge in [-0.25, -0.2) is 0 Å². The fraction of sp³-hybridized carbons (Fsp3) is 0.400. The van der Waals surface area contributed by atoms with Crippen molar-refractivity contribution in [1.29, 1.82) is 0 Å². The highest BCUT2D eigenvalue weighted by atomic mass is 16.3. The monoisotopic (exact) mass is 181 g/mol. The molecule has 0 atom stereocenters. The van der Waals surface area contributed by atoms with E-state index in [-0.39, 0.29) is 11.5 Å². The van der Waals surface area contributed by atoms with Gasteiger partial charge in [0.05, 0.1) is 0 Å². The Labute approximate surface area is 77.8 Å². The van der Waals surface area contributed by atoms with E-state index >= 15 is 0 Å². The number of phenolic OH excluding ortho intramolecular Hbond substituents is 2. The average Bonchev–Trinajstić information content (AvgIpc) is 2.10. The summed E-state index contributed by atoms with van der Waals surface area (Å²) in [6.45, 7) is 2.33. The third-order valence-electron chi connectivity index (χ3n) is 2.02. The first kappa shape index (κ1) is 9.86. The highest BCUT2D eigenvalue weighted by Crippen LogP contribution is 2.27. The first-order valence-corrected chi connectivity index (χ1v) is 4.42. The van der Waals surface area contributed by atoms with E-state index in [1.165, 1.54) is 6.07 Å². The van der Waals surface area contributed by atoms with E-state index < -0.39 is 0 Å². The van der Waals surface area contributed by atoms with E-state index in [1.807, 2.05) is 6.92 Å². The standard InChI is InChI=1S/C10H15NO2/c1-2-3-7-4-8(6-11)10(13)5-9(7)12/h4-5,12-13H,2-3,6,11H2,1H3. The van der Waals surface area contributed by atoms with Crippen LogP contribution < -0.4 is 5.73 Å². The van der Waals surface area contributed by atoms with Crippen LogP contribution in [-0.2, 0) is 13.0 Å². The molecule has 0 saturated heterocycles. The maximum Gasteiger partial charge on any atom is 0.123 e. The van der Waals surface area contributed by atoms with Crippen LogP contribution in [0.1, 0.15) is 24.5 Å². The summed E-state index contributed by atoms with van der Waals surface area (Å²) < 4.78 is 0. The molecule has 0 spiro atoms. The normalized spacial score (nSPS) is 10.3. The number of rotatable bonds is 3. The minimum Gasteiger partial charge on any atom is -0.508 e. The topological polar surface area (TPSA) is 66.5 Å². The fourth-order valence-electron chi connectivity index (χ4n) is 1.31. The van der Waals surface area contributed by atoms with Crippen molar-refractivity contribution < 1.29 is 10.2 Å². The van der Waals surface area contributed by atoms with Gasteiger partial charge in [-0.15, -0.1) is 0 Å².